The molecule has 0 spiro atoms. The molecule has 1 aromatic rings. The SMILES string of the molecule is Cc1cnnc(NCC2CN(C)CCN2C)c1. The molecule has 0 aromatic carbocycles. The summed E-state index contributed by atoms with van der Waals surface area (Å²) in [7, 11) is 4.35. The number of aryl methyl sites for hydroxylation is 1. The highest BCUT2D eigenvalue weighted by molar-refractivity contribution is 5.35. The molecule has 5 nitrogen and oxygen atoms in total. The van der Waals surface area contributed by atoms with Crippen LogP contribution in [0.4, 0.5) is 5.82 Å². The van der Waals surface area contributed by atoms with E-state index in [4.69, 9.17) is 0 Å². The molecule has 1 atom stereocenters. The van der Waals surface area contributed by atoms with E-state index in [1.54, 1.807) is 6.20 Å². The van der Waals surface area contributed by atoms with Crippen LogP contribution in [-0.2, 0) is 0 Å². The summed E-state index contributed by atoms with van der Waals surface area (Å²) in [4.78, 5) is 4.77. The zero-order valence-electron chi connectivity index (χ0n) is 10.8. The molecule has 2 heterocycles. The molecular weight excluding hydrogens is 214 g/mol. The third-order valence-corrected chi connectivity index (χ3v) is 3.29. The minimum atomic E-state index is 0.538. The highest BCUT2D eigenvalue weighted by atomic mass is 15.3. The van der Waals surface area contributed by atoms with Gasteiger partial charge in [0.1, 0.15) is 5.82 Å². The first-order chi connectivity index (χ1) is 8.15. The Morgan fingerprint density at radius 3 is 3.00 bits per heavy atom. The average molecular weight is 235 g/mol. The number of hydrogen-bond donors (Lipinski definition) is 1. The third kappa shape index (κ3) is 3.38. The quantitative estimate of drug-likeness (QED) is 0.824. The molecule has 0 radical (unpaired) electrons. The summed E-state index contributed by atoms with van der Waals surface area (Å²) in [6.45, 7) is 6.32. The highest BCUT2D eigenvalue weighted by Gasteiger charge is 2.21. The van der Waals surface area contributed by atoms with Gasteiger partial charge >= 0.3 is 0 Å². The van der Waals surface area contributed by atoms with Gasteiger partial charge in [-0.25, -0.2) is 0 Å². The lowest BCUT2D eigenvalue weighted by molar-refractivity contribution is 0.122. The van der Waals surface area contributed by atoms with Crippen LogP contribution >= 0.6 is 0 Å². The second kappa shape index (κ2) is 5.42. The van der Waals surface area contributed by atoms with Gasteiger partial charge in [0.25, 0.3) is 0 Å². The lowest BCUT2D eigenvalue weighted by Gasteiger charge is -2.37. The first-order valence-electron chi connectivity index (χ1n) is 6.07. The summed E-state index contributed by atoms with van der Waals surface area (Å²) < 4.78 is 0. The van der Waals surface area contributed by atoms with E-state index >= 15 is 0 Å². The van der Waals surface area contributed by atoms with Crippen LogP contribution in [0.2, 0.25) is 0 Å². The molecule has 0 saturated carbocycles. The molecule has 1 fully saturated rings. The van der Waals surface area contributed by atoms with E-state index in [2.05, 4.69) is 39.4 Å². The molecule has 1 saturated heterocycles. The van der Waals surface area contributed by atoms with E-state index in [1.165, 1.54) is 0 Å². The monoisotopic (exact) mass is 235 g/mol. The maximum Gasteiger partial charge on any atom is 0.148 e. The van der Waals surface area contributed by atoms with Gasteiger partial charge in [0, 0.05) is 32.2 Å². The van der Waals surface area contributed by atoms with Crippen molar-refractivity contribution in [1.29, 1.82) is 0 Å². The van der Waals surface area contributed by atoms with E-state index in [0.717, 1.165) is 37.6 Å². The van der Waals surface area contributed by atoms with Crippen LogP contribution in [0.1, 0.15) is 5.56 Å². The largest absolute Gasteiger partial charge is 0.367 e. The molecule has 2 rings (SSSR count). The van der Waals surface area contributed by atoms with Crippen LogP contribution in [-0.4, -0.2) is 66.3 Å². The van der Waals surface area contributed by atoms with Gasteiger partial charge in [-0.15, -0.1) is 5.10 Å². The fraction of sp³-hybridized carbons (Fsp3) is 0.667. The number of hydrogen-bond acceptors (Lipinski definition) is 5. The van der Waals surface area contributed by atoms with Crippen molar-refractivity contribution in [3.8, 4) is 0 Å². The first kappa shape index (κ1) is 12.3. The first-order valence-corrected chi connectivity index (χ1v) is 6.07. The number of nitrogens with zero attached hydrogens (tertiary/aromatic N) is 4. The number of rotatable bonds is 3. The Bertz CT molecular complexity index is 368. The predicted molar refractivity (Wildman–Crippen MR) is 69.2 cm³/mol. The van der Waals surface area contributed by atoms with E-state index < -0.39 is 0 Å². The maximum atomic E-state index is 4.07. The van der Waals surface area contributed by atoms with E-state index in [-0.39, 0.29) is 0 Å². The number of nitrogens with one attached hydrogen (secondary N) is 1. The van der Waals surface area contributed by atoms with Gasteiger partial charge in [0.05, 0.1) is 6.20 Å². The highest BCUT2D eigenvalue weighted by Crippen LogP contribution is 2.08. The Morgan fingerprint density at radius 1 is 1.41 bits per heavy atom. The molecule has 0 aliphatic carbocycles. The summed E-state index contributed by atoms with van der Waals surface area (Å²) in [5, 5.41) is 11.4. The molecular formula is C12H21N5. The average Bonchev–Trinajstić information content (AvgIpc) is 2.30. The molecule has 5 heteroatoms. The topological polar surface area (TPSA) is 44.3 Å². The summed E-state index contributed by atoms with van der Waals surface area (Å²) >= 11 is 0. The van der Waals surface area contributed by atoms with Crippen LogP contribution in [0.25, 0.3) is 0 Å². The molecule has 1 N–H and O–H groups in total. The lowest BCUT2D eigenvalue weighted by Crippen LogP contribution is -2.52. The van der Waals surface area contributed by atoms with Gasteiger partial charge in [-0.3, -0.25) is 4.90 Å². The van der Waals surface area contributed by atoms with Gasteiger partial charge in [-0.2, -0.15) is 5.10 Å². The maximum absolute atomic E-state index is 4.07. The van der Waals surface area contributed by atoms with Crippen molar-refractivity contribution in [2.24, 2.45) is 0 Å². The summed E-state index contributed by atoms with van der Waals surface area (Å²) in [5.41, 5.74) is 1.14. The van der Waals surface area contributed by atoms with Crippen LogP contribution in [0.15, 0.2) is 12.3 Å². The molecule has 1 aliphatic heterocycles. The van der Waals surface area contributed by atoms with Crippen molar-refractivity contribution in [3.05, 3.63) is 17.8 Å². The number of aromatic nitrogens is 2. The van der Waals surface area contributed by atoms with Gasteiger partial charge < -0.3 is 10.2 Å². The Hall–Kier alpha value is -1.20. The van der Waals surface area contributed by atoms with E-state index in [9.17, 15) is 0 Å². The van der Waals surface area contributed by atoms with Crippen molar-refractivity contribution >= 4 is 5.82 Å². The molecule has 1 unspecified atom stereocenters. The predicted octanol–water partition coefficient (Wildman–Crippen LogP) is 0.443. The van der Waals surface area contributed by atoms with Crippen molar-refractivity contribution < 1.29 is 0 Å². The third-order valence-electron chi connectivity index (χ3n) is 3.29. The summed E-state index contributed by atoms with van der Waals surface area (Å²) in [6.07, 6.45) is 1.77. The zero-order valence-corrected chi connectivity index (χ0v) is 10.8. The van der Waals surface area contributed by atoms with Crippen LogP contribution in [0, 0.1) is 6.92 Å². The van der Waals surface area contributed by atoms with Gasteiger partial charge in [-0.1, -0.05) is 0 Å². The normalized spacial score (nSPS) is 22.6. The number of anilines is 1. The second-order valence-corrected chi connectivity index (χ2v) is 4.90. The van der Waals surface area contributed by atoms with Crippen LogP contribution in [0.5, 0.6) is 0 Å². The Morgan fingerprint density at radius 2 is 2.24 bits per heavy atom. The summed E-state index contributed by atoms with van der Waals surface area (Å²) in [6, 6.07) is 2.57. The van der Waals surface area contributed by atoms with Gasteiger partial charge in [0.15, 0.2) is 0 Å². The van der Waals surface area contributed by atoms with E-state index in [1.807, 2.05) is 13.0 Å². The fourth-order valence-electron chi connectivity index (χ4n) is 2.09. The molecule has 17 heavy (non-hydrogen) atoms. The zero-order chi connectivity index (χ0) is 12.3. The Labute approximate surface area is 103 Å². The van der Waals surface area contributed by atoms with Crippen molar-refractivity contribution in [3.63, 3.8) is 0 Å². The molecule has 0 amide bonds. The van der Waals surface area contributed by atoms with Gasteiger partial charge in [0.2, 0.25) is 0 Å². The smallest absolute Gasteiger partial charge is 0.148 e. The standard InChI is InChI=1S/C12H21N5/c1-10-6-12(15-14-7-10)13-8-11-9-16(2)4-5-17(11)3/h6-7,11H,4-5,8-9H2,1-3H3,(H,13,15). The van der Waals surface area contributed by atoms with Crippen LogP contribution < -0.4 is 5.32 Å². The Kier molecular flexibility index (Phi) is 3.91. The number of piperazine rings is 1. The molecule has 0 bridgehead atoms. The minimum absolute atomic E-state index is 0.538. The Balaban J connectivity index is 1.88. The number of likely N-dealkylation sites (N-methyl/N-ethyl adjacent to an activating group) is 2. The van der Waals surface area contributed by atoms with Crippen molar-refractivity contribution in [2.75, 3.05) is 45.6 Å². The van der Waals surface area contributed by atoms with Gasteiger partial charge in [-0.05, 0) is 32.6 Å². The lowest BCUT2D eigenvalue weighted by atomic mass is 10.2. The second-order valence-electron chi connectivity index (χ2n) is 4.90. The molecule has 1 aromatic heterocycles. The fourth-order valence-corrected chi connectivity index (χ4v) is 2.09. The summed E-state index contributed by atoms with van der Waals surface area (Å²) in [5.74, 6) is 0.867. The minimum Gasteiger partial charge on any atom is -0.367 e. The van der Waals surface area contributed by atoms with E-state index in [0.29, 0.717) is 6.04 Å². The molecule has 1 aliphatic rings. The van der Waals surface area contributed by atoms with Crippen molar-refractivity contribution in [1.82, 2.24) is 20.0 Å². The van der Waals surface area contributed by atoms with Crippen molar-refractivity contribution in [2.45, 2.75) is 13.0 Å². The molecule has 94 valence electrons. The van der Waals surface area contributed by atoms with Crippen LogP contribution in [0.3, 0.4) is 0 Å².